The molecule has 1 aromatic carbocycles. The third-order valence-corrected chi connectivity index (χ3v) is 3.40. The molecule has 0 spiro atoms. The van der Waals surface area contributed by atoms with Crippen LogP contribution in [0.15, 0.2) is 16.7 Å². The minimum Gasteiger partial charge on any atom is -0.379 e. The van der Waals surface area contributed by atoms with Gasteiger partial charge in [0.15, 0.2) is 0 Å². The normalized spacial score (nSPS) is 10.6. The van der Waals surface area contributed by atoms with Crippen LogP contribution in [0.25, 0.3) is 0 Å². The van der Waals surface area contributed by atoms with E-state index in [9.17, 15) is 10.1 Å². The van der Waals surface area contributed by atoms with Crippen molar-refractivity contribution < 1.29 is 9.45 Å². The highest BCUT2D eigenvalue weighted by Gasteiger charge is 2.14. The maximum atomic E-state index is 10.8. The predicted octanol–water partition coefficient (Wildman–Crippen LogP) is 3.77. The maximum Gasteiger partial charge on any atom is 0.271 e. The van der Waals surface area contributed by atoms with Crippen LogP contribution in [-0.2, 0) is 6.54 Å². The van der Waals surface area contributed by atoms with Gasteiger partial charge in [-0.25, -0.2) is 0 Å². The van der Waals surface area contributed by atoms with Crippen molar-refractivity contribution >= 4 is 23.0 Å². The van der Waals surface area contributed by atoms with E-state index in [2.05, 4.69) is 10.5 Å². The van der Waals surface area contributed by atoms with E-state index in [4.69, 9.17) is 16.1 Å². The average molecular weight is 296 g/mol. The zero-order valence-corrected chi connectivity index (χ0v) is 12.1. The Bertz CT molecular complexity index is 624. The first kappa shape index (κ1) is 14.3. The number of halogens is 1. The Kier molecular flexibility index (Phi) is 3.94. The van der Waals surface area contributed by atoms with E-state index in [1.54, 1.807) is 6.92 Å². The zero-order valence-electron chi connectivity index (χ0n) is 11.4. The lowest BCUT2D eigenvalue weighted by atomic mass is 10.1. The molecule has 2 rings (SSSR count). The standard InChI is InChI=1S/C13H14ClN3O3/c1-7-4-10(17(18)19)5-12(14)13(7)15-6-11-8(2)16-20-9(11)3/h4-5,15H,6H2,1-3H3. The number of hydrogen-bond donors (Lipinski definition) is 1. The highest BCUT2D eigenvalue weighted by molar-refractivity contribution is 6.33. The van der Waals surface area contributed by atoms with E-state index in [0.717, 1.165) is 22.6 Å². The van der Waals surface area contributed by atoms with Gasteiger partial charge in [-0.1, -0.05) is 16.8 Å². The van der Waals surface area contributed by atoms with Crippen LogP contribution < -0.4 is 5.32 Å². The maximum absolute atomic E-state index is 10.8. The van der Waals surface area contributed by atoms with Gasteiger partial charge in [0.25, 0.3) is 5.69 Å². The summed E-state index contributed by atoms with van der Waals surface area (Å²) in [5.74, 6) is 0.741. The fourth-order valence-corrected chi connectivity index (χ4v) is 2.31. The van der Waals surface area contributed by atoms with Gasteiger partial charge in [0.2, 0.25) is 0 Å². The third kappa shape index (κ3) is 2.75. The molecule has 6 nitrogen and oxygen atoms in total. The summed E-state index contributed by atoms with van der Waals surface area (Å²) >= 11 is 6.09. The number of nitro benzene ring substituents is 1. The molecule has 0 amide bonds. The Balaban J connectivity index is 2.24. The minimum absolute atomic E-state index is 0.0182. The molecule has 0 aliphatic heterocycles. The Morgan fingerprint density at radius 3 is 2.60 bits per heavy atom. The monoisotopic (exact) mass is 295 g/mol. The predicted molar refractivity (Wildman–Crippen MR) is 76.1 cm³/mol. The number of non-ortho nitro benzene ring substituents is 1. The molecule has 20 heavy (non-hydrogen) atoms. The average Bonchev–Trinajstić information content (AvgIpc) is 2.68. The van der Waals surface area contributed by atoms with Crippen LogP contribution in [0.2, 0.25) is 5.02 Å². The summed E-state index contributed by atoms with van der Waals surface area (Å²) in [5.41, 5.74) is 3.15. The molecule has 1 heterocycles. The van der Waals surface area contributed by atoms with E-state index in [0.29, 0.717) is 17.3 Å². The van der Waals surface area contributed by atoms with Crippen molar-refractivity contribution in [3.63, 3.8) is 0 Å². The number of anilines is 1. The molecule has 7 heteroatoms. The highest BCUT2D eigenvalue weighted by Crippen LogP contribution is 2.31. The SMILES string of the molecule is Cc1cc([N+](=O)[O-])cc(Cl)c1NCc1c(C)noc1C. The number of nitro groups is 1. The van der Waals surface area contributed by atoms with Gasteiger partial charge in [-0.05, 0) is 26.3 Å². The lowest BCUT2D eigenvalue weighted by Gasteiger charge is -2.11. The minimum atomic E-state index is -0.461. The topological polar surface area (TPSA) is 81.2 Å². The summed E-state index contributed by atoms with van der Waals surface area (Å²) in [6, 6.07) is 2.83. The number of aromatic nitrogens is 1. The van der Waals surface area contributed by atoms with E-state index >= 15 is 0 Å². The summed E-state index contributed by atoms with van der Waals surface area (Å²) in [7, 11) is 0. The second kappa shape index (κ2) is 5.50. The summed E-state index contributed by atoms with van der Waals surface area (Å²) < 4.78 is 5.08. The van der Waals surface area contributed by atoms with Crippen LogP contribution in [0, 0.1) is 30.9 Å². The van der Waals surface area contributed by atoms with Gasteiger partial charge in [-0.3, -0.25) is 10.1 Å². The summed E-state index contributed by atoms with van der Waals surface area (Å²) in [6.07, 6.45) is 0. The fourth-order valence-electron chi connectivity index (χ4n) is 1.99. The van der Waals surface area contributed by atoms with Crippen molar-refractivity contribution in [1.82, 2.24) is 5.16 Å². The van der Waals surface area contributed by atoms with Gasteiger partial charge in [0.05, 0.1) is 21.3 Å². The molecule has 2 aromatic rings. The first-order chi connectivity index (χ1) is 9.40. The van der Waals surface area contributed by atoms with E-state index in [1.807, 2.05) is 13.8 Å². The fraction of sp³-hybridized carbons (Fsp3) is 0.308. The van der Waals surface area contributed by atoms with Crippen LogP contribution >= 0.6 is 11.6 Å². The van der Waals surface area contributed by atoms with Gasteiger partial charge in [0.1, 0.15) is 5.76 Å². The number of hydrogen-bond acceptors (Lipinski definition) is 5. The summed E-state index contributed by atoms with van der Waals surface area (Å²) in [4.78, 5) is 10.3. The van der Waals surface area contributed by atoms with Crippen LogP contribution in [0.3, 0.4) is 0 Å². The third-order valence-electron chi connectivity index (χ3n) is 3.11. The van der Waals surface area contributed by atoms with Crippen molar-refractivity contribution in [3.05, 3.63) is 49.9 Å². The first-order valence-electron chi connectivity index (χ1n) is 6.00. The van der Waals surface area contributed by atoms with Crippen molar-refractivity contribution in [2.45, 2.75) is 27.3 Å². The van der Waals surface area contributed by atoms with Crippen molar-refractivity contribution in [2.24, 2.45) is 0 Å². The first-order valence-corrected chi connectivity index (χ1v) is 6.38. The Morgan fingerprint density at radius 1 is 1.40 bits per heavy atom. The number of nitrogens with one attached hydrogen (secondary N) is 1. The zero-order chi connectivity index (χ0) is 14.9. The molecule has 0 atom stereocenters. The van der Waals surface area contributed by atoms with Gasteiger partial charge in [-0.15, -0.1) is 0 Å². The van der Waals surface area contributed by atoms with Crippen LogP contribution in [-0.4, -0.2) is 10.1 Å². The summed E-state index contributed by atoms with van der Waals surface area (Å²) in [6.45, 7) is 5.97. The lowest BCUT2D eigenvalue weighted by molar-refractivity contribution is -0.384. The quantitative estimate of drug-likeness (QED) is 0.686. The van der Waals surface area contributed by atoms with Crippen LogP contribution in [0.4, 0.5) is 11.4 Å². The molecule has 0 aliphatic rings. The van der Waals surface area contributed by atoms with Gasteiger partial charge in [0, 0.05) is 24.2 Å². The van der Waals surface area contributed by atoms with E-state index in [-0.39, 0.29) is 5.69 Å². The number of rotatable bonds is 4. The summed E-state index contributed by atoms with van der Waals surface area (Å²) in [5, 5.41) is 18.1. The Hall–Kier alpha value is -2.08. The molecule has 0 saturated carbocycles. The molecular weight excluding hydrogens is 282 g/mol. The number of nitrogens with zero attached hydrogens (tertiary/aromatic N) is 2. The molecule has 0 bridgehead atoms. The molecule has 0 aliphatic carbocycles. The van der Waals surface area contributed by atoms with Crippen LogP contribution in [0.5, 0.6) is 0 Å². The molecule has 1 aromatic heterocycles. The van der Waals surface area contributed by atoms with Gasteiger partial charge >= 0.3 is 0 Å². The Morgan fingerprint density at radius 2 is 2.10 bits per heavy atom. The second-order valence-electron chi connectivity index (χ2n) is 4.53. The molecule has 0 fully saturated rings. The molecule has 0 saturated heterocycles. The second-order valence-corrected chi connectivity index (χ2v) is 4.94. The van der Waals surface area contributed by atoms with Crippen molar-refractivity contribution in [2.75, 3.05) is 5.32 Å². The van der Waals surface area contributed by atoms with Crippen LogP contribution in [0.1, 0.15) is 22.6 Å². The smallest absolute Gasteiger partial charge is 0.271 e. The molecule has 106 valence electrons. The highest BCUT2D eigenvalue weighted by atomic mass is 35.5. The molecule has 0 radical (unpaired) electrons. The molecule has 0 unspecified atom stereocenters. The van der Waals surface area contributed by atoms with Crippen molar-refractivity contribution in [3.8, 4) is 0 Å². The van der Waals surface area contributed by atoms with Gasteiger partial charge < -0.3 is 9.84 Å². The lowest BCUT2D eigenvalue weighted by Crippen LogP contribution is -2.04. The van der Waals surface area contributed by atoms with Gasteiger partial charge in [-0.2, -0.15) is 0 Å². The Labute approximate surface area is 120 Å². The number of benzene rings is 1. The largest absolute Gasteiger partial charge is 0.379 e. The van der Waals surface area contributed by atoms with E-state index < -0.39 is 4.92 Å². The molecule has 1 N–H and O–H groups in total. The molecular formula is C13H14ClN3O3. The van der Waals surface area contributed by atoms with Crippen molar-refractivity contribution in [1.29, 1.82) is 0 Å². The van der Waals surface area contributed by atoms with E-state index in [1.165, 1.54) is 12.1 Å². The number of aryl methyl sites for hydroxylation is 3.